The van der Waals surface area contributed by atoms with Crippen molar-refractivity contribution >= 4 is 0 Å². The molecule has 0 bridgehead atoms. The normalized spacial score (nSPS) is 13.1. The van der Waals surface area contributed by atoms with Gasteiger partial charge in [0.25, 0.3) is 0 Å². The Hall–Kier alpha value is -3.27. The zero-order valence-electron chi connectivity index (χ0n) is 26.1. The highest BCUT2D eigenvalue weighted by molar-refractivity contribution is 5.66. The largest absolute Gasteiger partial charge is 0.246 e. The number of rotatable bonds is 3. The number of hydrogen-bond donors (Lipinski definition) is 0. The average molecular weight is 523 g/mol. The molecule has 0 saturated carbocycles. The molecule has 4 nitrogen and oxygen atoms in total. The monoisotopic (exact) mass is 522 g/mol. The summed E-state index contributed by atoms with van der Waals surface area (Å²) in [6.45, 7) is 27.1. The second-order valence-electron chi connectivity index (χ2n) is 15.0. The van der Waals surface area contributed by atoms with E-state index in [1.165, 1.54) is 22.3 Å². The first kappa shape index (κ1) is 28.7. The molecule has 2 aromatic carbocycles. The summed E-state index contributed by atoms with van der Waals surface area (Å²) < 4.78 is 1.88. The average Bonchev–Trinajstić information content (AvgIpc) is 3.32. The van der Waals surface area contributed by atoms with Gasteiger partial charge >= 0.3 is 0 Å². The molecule has 2 aromatic heterocycles. The van der Waals surface area contributed by atoms with E-state index in [2.05, 4.69) is 142 Å². The molecule has 0 fully saturated rings. The van der Waals surface area contributed by atoms with Crippen molar-refractivity contribution in [3.05, 3.63) is 83.0 Å². The fraction of sp³-hybridized carbons (Fsp3) is 0.457. The molecule has 0 unspecified atom stereocenters. The molecule has 0 saturated heterocycles. The van der Waals surface area contributed by atoms with Crippen molar-refractivity contribution in [2.24, 2.45) is 0 Å². The van der Waals surface area contributed by atoms with Crippen molar-refractivity contribution in [3.63, 3.8) is 0 Å². The lowest BCUT2D eigenvalue weighted by molar-refractivity contribution is 0.566. The van der Waals surface area contributed by atoms with Crippen molar-refractivity contribution in [3.8, 4) is 28.3 Å². The van der Waals surface area contributed by atoms with Gasteiger partial charge in [-0.2, -0.15) is 0 Å². The summed E-state index contributed by atoms with van der Waals surface area (Å²) in [6.07, 6.45) is 1.99. The van der Waals surface area contributed by atoms with E-state index >= 15 is 0 Å². The van der Waals surface area contributed by atoms with Crippen LogP contribution in [0.4, 0.5) is 0 Å². The maximum atomic E-state index is 5.06. The lowest BCUT2D eigenvalue weighted by Gasteiger charge is -2.26. The first-order valence-corrected chi connectivity index (χ1v) is 14.0. The Morgan fingerprint density at radius 3 is 1.41 bits per heavy atom. The fourth-order valence-corrected chi connectivity index (χ4v) is 4.50. The molecule has 4 heteroatoms. The molecule has 0 aliphatic rings. The summed E-state index contributed by atoms with van der Waals surface area (Å²) >= 11 is 0. The second kappa shape index (κ2) is 9.73. The molecular weight excluding hydrogens is 476 g/mol. The number of aromatic nitrogens is 4. The van der Waals surface area contributed by atoms with Crippen LogP contribution in [0.5, 0.6) is 0 Å². The van der Waals surface area contributed by atoms with Crippen LogP contribution in [0.3, 0.4) is 0 Å². The van der Waals surface area contributed by atoms with Gasteiger partial charge in [0.1, 0.15) is 5.69 Å². The maximum Gasteiger partial charge on any atom is 0.131 e. The van der Waals surface area contributed by atoms with Crippen LogP contribution in [0.2, 0.25) is 0 Å². The third kappa shape index (κ3) is 6.49. The first-order valence-electron chi connectivity index (χ1n) is 14.0. The molecule has 0 amide bonds. The van der Waals surface area contributed by atoms with Gasteiger partial charge < -0.3 is 0 Å². The molecule has 0 spiro atoms. The zero-order valence-corrected chi connectivity index (χ0v) is 26.1. The summed E-state index contributed by atoms with van der Waals surface area (Å²) in [5.74, 6) is 0. The Labute approximate surface area is 235 Å². The van der Waals surface area contributed by atoms with E-state index in [0.29, 0.717) is 0 Å². The Kier molecular flexibility index (Phi) is 7.17. The molecule has 0 radical (unpaired) electrons. The smallest absolute Gasteiger partial charge is 0.131 e. The number of pyridine rings is 1. The van der Waals surface area contributed by atoms with Gasteiger partial charge in [-0.3, -0.25) is 0 Å². The molecule has 2 heterocycles. The highest BCUT2D eigenvalue weighted by Gasteiger charge is 2.23. The van der Waals surface area contributed by atoms with E-state index in [1.54, 1.807) is 0 Å². The fourth-order valence-electron chi connectivity index (χ4n) is 4.50. The Bertz CT molecular complexity index is 1410. The highest BCUT2D eigenvalue weighted by Crippen LogP contribution is 2.35. The molecular formula is C35H46N4. The molecule has 0 aliphatic carbocycles. The minimum absolute atomic E-state index is 0.0306. The van der Waals surface area contributed by atoms with E-state index in [1.807, 2.05) is 16.9 Å². The highest BCUT2D eigenvalue weighted by atomic mass is 15.4. The van der Waals surface area contributed by atoms with Gasteiger partial charge in [-0.1, -0.05) is 106 Å². The Morgan fingerprint density at radius 2 is 0.949 bits per heavy atom. The Balaban J connectivity index is 1.78. The summed E-state index contributed by atoms with van der Waals surface area (Å²) in [5, 5.41) is 9.08. The lowest BCUT2D eigenvalue weighted by atomic mass is 9.79. The molecule has 0 aliphatic heterocycles. The van der Waals surface area contributed by atoms with Crippen LogP contribution in [0.1, 0.15) is 105 Å². The van der Waals surface area contributed by atoms with Gasteiger partial charge in [0.15, 0.2) is 0 Å². The molecule has 0 atom stereocenters. The molecule has 4 rings (SSSR count). The van der Waals surface area contributed by atoms with Gasteiger partial charge in [0.05, 0.1) is 23.3 Å². The predicted molar refractivity (Wildman–Crippen MR) is 165 cm³/mol. The minimum Gasteiger partial charge on any atom is -0.246 e. The van der Waals surface area contributed by atoms with Gasteiger partial charge in [-0.15, -0.1) is 5.10 Å². The third-order valence-electron chi connectivity index (χ3n) is 7.38. The number of hydrogen-bond acceptors (Lipinski definition) is 3. The van der Waals surface area contributed by atoms with Crippen molar-refractivity contribution in [2.45, 2.75) is 105 Å². The second-order valence-corrected chi connectivity index (χ2v) is 15.0. The summed E-state index contributed by atoms with van der Waals surface area (Å²) in [6, 6.07) is 19.9. The lowest BCUT2D eigenvalue weighted by Crippen LogP contribution is -2.17. The zero-order chi connectivity index (χ0) is 29.0. The summed E-state index contributed by atoms with van der Waals surface area (Å²) in [7, 11) is 0. The van der Waals surface area contributed by atoms with Crippen LogP contribution in [-0.2, 0) is 21.7 Å². The minimum atomic E-state index is 0.0306. The molecule has 4 aromatic rings. The van der Waals surface area contributed by atoms with Crippen LogP contribution in [-0.4, -0.2) is 20.0 Å². The maximum absolute atomic E-state index is 5.06. The molecule has 0 N–H and O–H groups in total. The predicted octanol–water partition coefficient (Wildman–Crippen LogP) is 9.19. The SMILES string of the molecule is CC(C)(C)c1cc(-c2cccc(-c3cn(-c4cc(C(C)(C)C)cc(C(C)(C)C)c4)nn3)n2)cc(C(C)(C)C)c1. The van der Waals surface area contributed by atoms with Crippen LogP contribution >= 0.6 is 0 Å². The van der Waals surface area contributed by atoms with Crippen molar-refractivity contribution < 1.29 is 0 Å². The van der Waals surface area contributed by atoms with Gasteiger partial charge in [-0.05, 0) is 80.3 Å². The van der Waals surface area contributed by atoms with Crippen molar-refractivity contribution in [2.75, 3.05) is 0 Å². The first-order chi connectivity index (χ1) is 17.8. The topological polar surface area (TPSA) is 43.6 Å². The van der Waals surface area contributed by atoms with Crippen LogP contribution in [0.25, 0.3) is 28.3 Å². The van der Waals surface area contributed by atoms with Crippen LogP contribution in [0.15, 0.2) is 60.8 Å². The summed E-state index contributed by atoms with van der Waals surface area (Å²) in [5.41, 5.74) is 10.0. The van der Waals surface area contributed by atoms with E-state index < -0.39 is 0 Å². The number of benzene rings is 2. The summed E-state index contributed by atoms with van der Waals surface area (Å²) in [4.78, 5) is 5.06. The van der Waals surface area contributed by atoms with E-state index in [9.17, 15) is 0 Å². The van der Waals surface area contributed by atoms with Crippen LogP contribution < -0.4 is 0 Å². The third-order valence-corrected chi connectivity index (χ3v) is 7.38. The van der Waals surface area contributed by atoms with E-state index in [4.69, 9.17) is 4.98 Å². The number of nitrogens with zero attached hydrogens (tertiary/aromatic N) is 4. The van der Waals surface area contributed by atoms with Gasteiger partial charge in [-0.25, -0.2) is 9.67 Å². The van der Waals surface area contributed by atoms with Gasteiger partial charge in [0.2, 0.25) is 0 Å². The van der Waals surface area contributed by atoms with Gasteiger partial charge in [0, 0.05) is 5.56 Å². The Morgan fingerprint density at radius 1 is 0.513 bits per heavy atom. The quantitative estimate of drug-likeness (QED) is 0.269. The van der Waals surface area contributed by atoms with Crippen molar-refractivity contribution in [1.29, 1.82) is 0 Å². The molecule has 206 valence electrons. The van der Waals surface area contributed by atoms with E-state index in [0.717, 1.165) is 28.3 Å². The molecule has 39 heavy (non-hydrogen) atoms. The standard InChI is InChI=1S/C35H46N4/c1-32(2,3)24-16-23(17-25(18-24)33(4,5)6)29-14-13-15-30(36-29)31-22-39(38-37-31)28-20-26(34(7,8)9)19-27(21-28)35(10,11)12/h13-22H,1-12H3. The van der Waals surface area contributed by atoms with E-state index in [-0.39, 0.29) is 21.7 Å². The van der Waals surface area contributed by atoms with Crippen molar-refractivity contribution in [1.82, 2.24) is 20.0 Å². The van der Waals surface area contributed by atoms with Crippen LogP contribution in [0, 0.1) is 0 Å².